The molecule has 0 radical (unpaired) electrons. The third kappa shape index (κ3) is 4.89. The van der Waals surface area contributed by atoms with E-state index in [0.717, 1.165) is 16.4 Å². The molecule has 3 rings (SSSR count). The van der Waals surface area contributed by atoms with Crippen molar-refractivity contribution in [1.29, 1.82) is 0 Å². The number of sulfone groups is 1. The Morgan fingerprint density at radius 2 is 1.93 bits per heavy atom. The maximum absolute atomic E-state index is 12.4. The predicted molar refractivity (Wildman–Crippen MR) is 117 cm³/mol. The van der Waals surface area contributed by atoms with E-state index in [1.165, 1.54) is 29.5 Å². The second-order valence-corrected chi connectivity index (χ2v) is 9.79. The van der Waals surface area contributed by atoms with E-state index >= 15 is 0 Å². The van der Waals surface area contributed by atoms with Crippen LogP contribution in [0.2, 0.25) is 0 Å². The molecule has 8 heteroatoms. The molecule has 2 aromatic carbocycles. The number of nitrogens with zero attached hydrogens (tertiary/aromatic N) is 2. The Balaban J connectivity index is 1.70. The molecule has 1 N–H and O–H groups in total. The molecule has 0 unspecified atom stereocenters. The summed E-state index contributed by atoms with van der Waals surface area (Å²) in [5.74, 6) is -0.0509. The molecule has 6 nitrogen and oxygen atoms in total. The van der Waals surface area contributed by atoms with Gasteiger partial charge in [0.1, 0.15) is 0 Å². The zero-order chi connectivity index (χ0) is 21.0. The molecule has 0 atom stereocenters. The van der Waals surface area contributed by atoms with Gasteiger partial charge in [0.05, 0.1) is 22.1 Å². The molecule has 3 aromatic rings. The summed E-state index contributed by atoms with van der Waals surface area (Å²) in [7, 11) is -3.32. The largest absolute Gasteiger partial charge is 0.325 e. The molecular formula is C21H23N3O3S2. The topological polar surface area (TPSA) is 81.1 Å². The minimum absolute atomic E-state index is 0.0152. The highest BCUT2D eigenvalue weighted by Crippen LogP contribution is 2.24. The first kappa shape index (κ1) is 21.1. The molecule has 0 spiro atoms. The van der Waals surface area contributed by atoms with Crippen molar-refractivity contribution in [1.82, 2.24) is 9.55 Å². The maximum atomic E-state index is 12.4. The second kappa shape index (κ2) is 8.84. The molecule has 29 heavy (non-hydrogen) atoms. The number of imidazole rings is 1. The Hall–Kier alpha value is -2.58. The number of aryl methyl sites for hydroxylation is 1. The fourth-order valence-electron chi connectivity index (χ4n) is 2.84. The van der Waals surface area contributed by atoms with Gasteiger partial charge in [-0.05, 0) is 49.2 Å². The van der Waals surface area contributed by atoms with Crippen molar-refractivity contribution < 1.29 is 13.2 Å². The molecule has 0 bridgehead atoms. The van der Waals surface area contributed by atoms with Crippen LogP contribution >= 0.6 is 11.8 Å². The van der Waals surface area contributed by atoms with E-state index in [1.54, 1.807) is 25.3 Å². The summed E-state index contributed by atoms with van der Waals surface area (Å²) in [5, 5.41) is 3.48. The highest BCUT2D eigenvalue weighted by Gasteiger charge is 2.14. The van der Waals surface area contributed by atoms with Gasteiger partial charge in [-0.1, -0.05) is 36.9 Å². The first-order valence-electron chi connectivity index (χ1n) is 9.17. The Morgan fingerprint density at radius 3 is 2.69 bits per heavy atom. The van der Waals surface area contributed by atoms with Crippen LogP contribution in [0.5, 0.6) is 0 Å². The molecular weight excluding hydrogens is 406 g/mol. The number of thioether (sulfide) groups is 1. The molecule has 1 aromatic heterocycles. The van der Waals surface area contributed by atoms with Crippen molar-refractivity contribution in [3.05, 3.63) is 66.0 Å². The lowest BCUT2D eigenvalue weighted by Crippen LogP contribution is -2.15. The van der Waals surface area contributed by atoms with Gasteiger partial charge in [-0.2, -0.15) is 0 Å². The summed E-state index contributed by atoms with van der Waals surface area (Å²) >= 11 is 1.33. The van der Waals surface area contributed by atoms with Gasteiger partial charge in [0, 0.05) is 18.1 Å². The summed E-state index contributed by atoms with van der Waals surface area (Å²) in [6.45, 7) is 5.71. The fourth-order valence-corrected chi connectivity index (χ4v) is 4.53. The van der Waals surface area contributed by atoms with Gasteiger partial charge in [-0.3, -0.25) is 9.36 Å². The standard InChI is InChI=1S/C21H23N3O3S2/c1-4-29(26,27)18-9-6-8-17(13-18)23-20(25)14-28-21-22-11-12-24(21)19-10-5-7-15(2)16(19)3/h5-13H,4,14H2,1-3H3,(H,23,25). The van der Waals surface area contributed by atoms with Crippen molar-refractivity contribution >= 4 is 33.2 Å². The number of hydrogen-bond acceptors (Lipinski definition) is 5. The number of carbonyl (C=O) groups excluding carboxylic acids is 1. The van der Waals surface area contributed by atoms with Crippen molar-refractivity contribution in [2.75, 3.05) is 16.8 Å². The van der Waals surface area contributed by atoms with Crippen LogP contribution < -0.4 is 5.32 Å². The zero-order valence-corrected chi connectivity index (χ0v) is 18.2. The van der Waals surface area contributed by atoms with Gasteiger partial charge in [-0.15, -0.1) is 0 Å². The van der Waals surface area contributed by atoms with Crippen LogP contribution in [0.4, 0.5) is 5.69 Å². The average Bonchev–Trinajstić information content (AvgIpc) is 3.17. The molecule has 0 saturated carbocycles. The first-order chi connectivity index (χ1) is 13.8. The lowest BCUT2D eigenvalue weighted by molar-refractivity contribution is -0.113. The van der Waals surface area contributed by atoms with Crippen molar-refractivity contribution in [2.45, 2.75) is 30.8 Å². The van der Waals surface area contributed by atoms with E-state index < -0.39 is 9.84 Å². The second-order valence-electron chi connectivity index (χ2n) is 6.57. The van der Waals surface area contributed by atoms with Crippen LogP contribution in [-0.4, -0.2) is 35.4 Å². The summed E-state index contributed by atoms with van der Waals surface area (Å²) in [5.41, 5.74) is 3.84. The van der Waals surface area contributed by atoms with Crippen LogP contribution in [0, 0.1) is 13.8 Å². The SMILES string of the molecule is CCS(=O)(=O)c1cccc(NC(=O)CSc2nccn2-c2cccc(C)c2C)c1. The van der Waals surface area contributed by atoms with Crippen LogP contribution in [-0.2, 0) is 14.6 Å². The molecule has 1 amide bonds. The van der Waals surface area contributed by atoms with Crippen LogP contribution in [0.15, 0.2) is 64.9 Å². The smallest absolute Gasteiger partial charge is 0.234 e. The Morgan fingerprint density at radius 1 is 1.17 bits per heavy atom. The molecule has 0 aliphatic heterocycles. The van der Waals surface area contributed by atoms with E-state index in [9.17, 15) is 13.2 Å². The molecule has 152 valence electrons. The summed E-state index contributed by atoms with van der Waals surface area (Å²) in [6, 6.07) is 12.4. The molecule has 1 heterocycles. The highest BCUT2D eigenvalue weighted by molar-refractivity contribution is 7.99. The van der Waals surface area contributed by atoms with Crippen LogP contribution in [0.25, 0.3) is 5.69 Å². The van der Waals surface area contributed by atoms with Crippen molar-refractivity contribution in [3.8, 4) is 5.69 Å². The van der Waals surface area contributed by atoms with Gasteiger partial charge in [-0.25, -0.2) is 13.4 Å². The predicted octanol–water partition coefficient (Wildman–Crippen LogP) is 4.01. The summed E-state index contributed by atoms with van der Waals surface area (Å²) in [4.78, 5) is 17.0. The van der Waals surface area contributed by atoms with Gasteiger partial charge in [0.15, 0.2) is 15.0 Å². The normalized spacial score (nSPS) is 11.4. The minimum atomic E-state index is -3.32. The highest BCUT2D eigenvalue weighted by atomic mass is 32.2. The van der Waals surface area contributed by atoms with E-state index in [-0.39, 0.29) is 22.3 Å². The third-order valence-corrected chi connectivity index (χ3v) is 7.33. The quantitative estimate of drug-likeness (QED) is 0.574. The molecule has 0 saturated heterocycles. The summed E-state index contributed by atoms with van der Waals surface area (Å²) < 4.78 is 26.0. The zero-order valence-electron chi connectivity index (χ0n) is 16.5. The number of aromatic nitrogens is 2. The van der Waals surface area contributed by atoms with Crippen molar-refractivity contribution in [2.24, 2.45) is 0 Å². The Kier molecular flexibility index (Phi) is 6.44. The van der Waals surface area contributed by atoms with Crippen LogP contribution in [0.3, 0.4) is 0 Å². The first-order valence-corrected chi connectivity index (χ1v) is 11.8. The number of benzene rings is 2. The number of hydrogen-bond donors (Lipinski definition) is 1. The van der Waals surface area contributed by atoms with Gasteiger partial charge in [0.2, 0.25) is 5.91 Å². The number of rotatable bonds is 7. The van der Waals surface area contributed by atoms with Crippen LogP contribution in [0.1, 0.15) is 18.1 Å². The van der Waals surface area contributed by atoms with Gasteiger partial charge >= 0.3 is 0 Å². The van der Waals surface area contributed by atoms with Gasteiger partial charge in [0.25, 0.3) is 0 Å². The third-order valence-electron chi connectivity index (χ3n) is 4.63. The maximum Gasteiger partial charge on any atom is 0.234 e. The van der Waals surface area contributed by atoms with E-state index in [1.807, 2.05) is 22.9 Å². The van der Waals surface area contributed by atoms with E-state index in [4.69, 9.17) is 0 Å². The Labute approximate surface area is 175 Å². The lowest BCUT2D eigenvalue weighted by Gasteiger charge is -2.12. The number of nitrogens with one attached hydrogen (secondary N) is 1. The van der Waals surface area contributed by atoms with Crippen molar-refractivity contribution in [3.63, 3.8) is 0 Å². The molecule has 0 aliphatic rings. The summed E-state index contributed by atoms with van der Waals surface area (Å²) in [6.07, 6.45) is 3.59. The average molecular weight is 430 g/mol. The lowest BCUT2D eigenvalue weighted by atomic mass is 10.1. The Bertz CT molecular complexity index is 1140. The van der Waals surface area contributed by atoms with E-state index in [2.05, 4.69) is 30.2 Å². The molecule has 0 aliphatic carbocycles. The molecule has 0 fully saturated rings. The number of carbonyl (C=O) groups is 1. The minimum Gasteiger partial charge on any atom is -0.325 e. The number of anilines is 1. The van der Waals surface area contributed by atoms with Gasteiger partial charge < -0.3 is 5.32 Å². The number of amides is 1. The fraction of sp³-hybridized carbons (Fsp3) is 0.238. The monoisotopic (exact) mass is 429 g/mol. The van der Waals surface area contributed by atoms with E-state index in [0.29, 0.717) is 5.69 Å².